The van der Waals surface area contributed by atoms with Crippen molar-refractivity contribution in [3.05, 3.63) is 29.8 Å². The van der Waals surface area contributed by atoms with Gasteiger partial charge in [0.25, 0.3) is 0 Å². The van der Waals surface area contributed by atoms with Gasteiger partial charge in [-0.1, -0.05) is 52.2 Å². The Balaban J connectivity index is 1.94. The highest BCUT2D eigenvalue weighted by atomic mass is 16.5. The number of methoxy groups -OCH3 is 1. The van der Waals surface area contributed by atoms with Crippen LogP contribution in [0.4, 0.5) is 0 Å². The molecule has 1 fully saturated rings. The van der Waals surface area contributed by atoms with Crippen LogP contribution in [-0.4, -0.2) is 37.7 Å². The Morgan fingerprint density at radius 2 is 1.76 bits per heavy atom. The summed E-state index contributed by atoms with van der Waals surface area (Å²) in [5.41, 5.74) is 6.52. The molecule has 1 aromatic carbocycles. The summed E-state index contributed by atoms with van der Waals surface area (Å²) in [6.07, 6.45) is 6.76. The van der Waals surface area contributed by atoms with Crippen molar-refractivity contribution in [1.29, 1.82) is 0 Å². The molecule has 6 heteroatoms. The van der Waals surface area contributed by atoms with Crippen molar-refractivity contribution >= 4 is 11.9 Å². The summed E-state index contributed by atoms with van der Waals surface area (Å²) in [5.74, 6) is 0.625. The molecule has 0 radical (unpaired) electrons. The zero-order chi connectivity index (χ0) is 21.4. The minimum absolute atomic E-state index is 0.332. The van der Waals surface area contributed by atoms with E-state index in [1.807, 2.05) is 45.0 Å². The minimum Gasteiger partial charge on any atom is -0.493 e. The van der Waals surface area contributed by atoms with Crippen LogP contribution in [-0.2, 0) is 20.7 Å². The van der Waals surface area contributed by atoms with Crippen LogP contribution in [0, 0.1) is 11.3 Å². The van der Waals surface area contributed by atoms with Crippen molar-refractivity contribution in [1.82, 2.24) is 5.32 Å². The van der Waals surface area contributed by atoms with Gasteiger partial charge in [0, 0.05) is 6.42 Å². The van der Waals surface area contributed by atoms with E-state index in [1.165, 1.54) is 39.2 Å². The maximum absolute atomic E-state index is 12.4. The molecule has 1 aliphatic carbocycles. The highest BCUT2D eigenvalue weighted by Crippen LogP contribution is 2.25. The third kappa shape index (κ3) is 7.35. The number of carbonyl (C=O) groups is 2. The molecule has 1 aliphatic rings. The first kappa shape index (κ1) is 23.2. The number of nitrogens with one attached hydrogen (secondary N) is 1. The largest absolute Gasteiger partial charge is 0.493 e. The number of ether oxygens (including phenoxy) is 2. The number of hydrogen-bond donors (Lipinski definition) is 2. The summed E-state index contributed by atoms with van der Waals surface area (Å²) < 4.78 is 10.8. The number of carbonyl (C=O) groups excluding carboxylic acids is 2. The lowest BCUT2D eigenvalue weighted by Crippen LogP contribution is -2.53. The Labute approximate surface area is 174 Å². The van der Waals surface area contributed by atoms with Crippen LogP contribution in [0.3, 0.4) is 0 Å². The summed E-state index contributed by atoms with van der Waals surface area (Å²) in [5, 5.41) is 2.74. The normalized spacial score (nSPS) is 17.3. The van der Waals surface area contributed by atoms with Gasteiger partial charge in [-0.2, -0.15) is 0 Å². The smallest absolute Gasteiger partial charge is 0.328 e. The van der Waals surface area contributed by atoms with Gasteiger partial charge in [0.1, 0.15) is 11.8 Å². The van der Waals surface area contributed by atoms with Gasteiger partial charge in [-0.3, -0.25) is 4.79 Å². The second-order valence-electron chi connectivity index (χ2n) is 9.09. The van der Waals surface area contributed by atoms with Gasteiger partial charge in [-0.05, 0) is 41.9 Å². The summed E-state index contributed by atoms with van der Waals surface area (Å²) in [6.45, 7) is 6.41. The summed E-state index contributed by atoms with van der Waals surface area (Å²) in [7, 11) is 1.31. The van der Waals surface area contributed by atoms with Gasteiger partial charge < -0.3 is 20.5 Å². The molecule has 162 valence electrons. The quantitative estimate of drug-likeness (QED) is 0.649. The molecule has 1 unspecified atom stereocenters. The molecule has 0 saturated heterocycles. The molecule has 0 heterocycles. The summed E-state index contributed by atoms with van der Waals surface area (Å²) in [6, 6.07) is 6.16. The summed E-state index contributed by atoms with van der Waals surface area (Å²) in [4.78, 5) is 24.6. The van der Waals surface area contributed by atoms with E-state index < -0.39 is 23.5 Å². The Bertz CT molecular complexity index is 660. The topological polar surface area (TPSA) is 90.6 Å². The first-order valence-corrected chi connectivity index (χ1v) is 10.6. The maximum atomic E-state index is 12.4. The standard InChI is InChI=1S/C23H36N2O4/c1-23(2,3)20(24)21(26)25-19(22(27)28-4)14-16-10-12-18(13-11-16)29-15-17-8-6-5-7-9-17/h10-13,17,19-20H,5-9,14-15,24H2,1-4H3,(H,25,26)/t19?,20-/m1/s1. The van der Waals surface area contributed by atoms with E-state index in [9.17, 15) is 9.59 Å². The van der Waals surface area contributed by atoms with Crippen LogP contribution in [0.5, 0.6) is 5.75 Å². The molecule has 1 aromatic rings. The van der Waals surface area contributed by atoms with Crippen LogP contribution in [0.25, 0.3) is 0 Å². The van der Waals surface area contributed by atoms with Crippen molar-refractivity contribution in [3.63, 3.8) is 0 Å². The highest BCUT2D eigenvalue weighted by molar-refractivity contribution is 5.88. The molecule has 0 aromatic heterocycles. The monoisotopic (exact) mass is 404 g/mol. The first-order chi connectivity index (χ1) is 13.7. The third-order valence-electron chi connectivity index (χ3n) is 5.59. The van der Waals surface area contributed by atoms with E-state index >= 15 is 0 Å². The second-order valence-corrected chi connectivity index (χ2v) is 9.09. The lowest BCUT2D eigenvalue weighted by atomic mass is 9.86. The number of hydrogen-bond acceptors (Lipinski definition) is 5. The predicted octanol–water partition coefficient (Wildman–Crippen LogP) is 3.22. The SMILES string of the molecule is COC(=O)C(Cc1ccc(OCC2CCCCC2)cc1)NC(=O)[C@@H](N)C(C)(C)C. The van der Waals surface area contributed by atoms with Crippen LogP contribution in [0.15, 0.2) is 24.3 Å². The van der Waals surface area contributed by atoms with Gasteiger partial charge in [-0.15, -0.1) is 0 Å². The Kier molecular flexibility index (Phi) is 8.50. The second kappa shape index (κ2) is 10.6. The average Bonchev–Trinajstić information content (AvgIpc) is 2.71. The molecular weight excluding hydrogens is 368 g/mol. The maximum Gasteiger partial charge on any atom is 0.328 e. The number of amides is 1. The van der Waals surface area contributed by atoms with Gasteiger partial charge in [-0.25, -0.2) is 4.79 Å². The van der Waals surface area contributed by atoms with Crippen molar-refractivity contribution < 1.29 is 19.1 Å². The van der Waals surface area contributed by atoms with Gasteiger partial charge >= 0.3 is 5.97 Å². The zero-order valence-electron chi connectivity index (χ0n) is 18.2. The Morgan fingerprint density at radius 3 is 2.31 bits per heavy atom. The fraction of sp³-hybridized carbons (Fsp3) is 0.652. The molecule has 1 amide bonds. The third-order valence-corrected chi connectivity index (χ3v) is 5.59. The molecule has 0 bridgehead atoms. The molecule has 6 nitrogen and oxygen atoms in total. The van der Waals surface area contributed by atoms with Crippen LogP contribution in [0.1, 0.15) is 58.4 Å². The Hall–Kier alpha value is -2.08. The molecule has 0 spiro atoms. The van der Waals surface area contributed by atoms with Crippen LogP contribution >= 0.6 is 0 Å². The molecular formula is C23H36N2O4. The van der Waals surface area contributed by atoms with Crippen LogP contribution in [0.2, 0.25) is 0 Å². The van der Waals surface area contributed by atoms with Crippen molar-refractivity contribution in [3.8, 4) is 5.75 Å². The molecule has 2 rings (SSSR count). The number of nitrogens with two attached hydrogens (primary N) is 1. The lowest BCUT2D eigenvalue weighted by molar-refractivity contribution is -0.145. The Morgan fingerprint density at radius 1 is 1.14 bits per heavy atom. The van der Waals surface area contributed by atoms with E-state index in [0.717, 1.165) is 17.9 Å². The van der Waals surface area contributed by atoms with Gasteiger partial charge in [0.2, 0.25) is 5.91 Å². The van der Waals surface area contributed by atoms with E-state index in [-0.39, 0.29) is 5.91 Å². The van der Waals surface area contributed by atoms with E-state index in [2.05, 4.69) is 5.32 Å². The van der Waals surface area contributed by atoms with Gasteiger partial charge in [0.05, 0.1) is 19.8 Å². The summed E-state index contributed by atoms with van der Waals surface area (Å²) >= 11 is 0. The number of benzene rings is 1. The van der Waals surface area contributed by atoms with E-state index in [0.29, 0.717) is 12.3 Å². The van der Waals surface area contributed by atoms with E-state index in [1.54, 1.807) is 0 Å². The number of esters is 1. The van der Waals surface area contributed by atoms with E-state index in [4.69, 9.17) is 15.2 Å². The number of rotatable bonds is 8. The van der Waals surface area contributed by atoms with Crippen molar-refractivity contribution in [2.45, 2.75) is 71.4 Å². The molecule has 0 aliphatic heterocycles. The van der Waals surface area contributed by atoms with Crippen molar-refractivity contribution in [2.75, 3.05) is 13.7 Å². The molecule has 3 N–H and O–H groups in total. The van der Waals surface area contributed by atoms with Crippen LogP contribution < -0.4 is 15.8 Å². The molecule has 2 atom stereocenters. The lowest BCUT2D eigenvalue weighted by Gasteiger charge is -2.27. The highest BCUT2D eigenvalue weighted by Gasteiger charge is 2.31. The predicted molar refractivity (Wildman–Crippen MR) is 114 cm³/mol. The fourth-order valence-corrected chi connectivity index (χ4v) is 3.52. The molecule has 29 heavy (non-hydrogen) atoms. The molecule has 1 saturated carbocycles. The average molecular weight is 405 g/mol. The first-order valence-electron chi connectivity index (χ1n) is 10.6. The van der Waals surface area contributed by atoms with Crippen molar-refractivity contribution in [2.24, 2.45) is 17.1 Å². The fourth-order valence-electron chi connectivity index (χ4n) is 3.52. The zero-order valence-corrected chi connectivity index (χ0v) is 18.2. The minimum atomic E-state index is -0.782. The van der Waals surface area contributed by atoms with Gasteiger partial charge in [0.15, 0.2) is 0 Å².